The summed E-state index contributed by atoms with van der Waals surface area (Å²) < 4.78 is 11.4. The van der Waals surface area contributed by atoms with Crippen LogP contribution in [0.3, 0.4) is 0 Å². The number of hydrogen-bond donors (Lipinski definition) is 0. The fourth-order valence-electron chi connectivity index (χ4n) is 2.06. The topological polar surface area (TPSA) is 18.5 Å². The highest BCUT2D eigenvalue weighted by molar-refractivity contribution is 7.80. The van der Waals surface area contributed by atoms with Gasteiger partial charge in [0, 0.05) is 25.2 Å². The predicted octanol–water partition coefficient (Wildman–Crippen LogP) is 4.51. The largest absolute Gasteiger partial charge is 0.487 e. The molecule has 2 nitrogen and oxygen atoms in total. The summed E-state index contributed by atoms with van der Waals surface area (Å²) in [4.78, 5) is 0. The van der Waals surface area contributed by atoms with Crippen LogP contribution in [0.5, 0.6) is 0 Å². The molecule has 0 saturated carbocycles. The Morgan fingerprint density at radius 3 is 2.37 bits per heavy atom. The maximum absolute atomic E-state index is 5.75. The molecule has 0 rings (SSSR count). The molecule has 19 heavy (non-hydrogen) atoms. The Hall–Kier alpha value is 0.0669. The molecule has 0 aromatic rings. The molecule has 0 N–H and O–H groups in total. The molecule has 0 amide bonds. The summed E-state index contributed by atoms with van der Waals surface area (Å²) >= 11 is 5.26. The van der Waals surface area contributed by atoms with E-state index >= 15 is 0 Å². The number of hydrogen-bond acceptors (Lipinski definition) is 3. The van der Waals surface area contributed by atoms with Gasteiger partial charge in [-0.05, 0) is 25.6 Å². The molecular formula is C15H32O2SSi. The van der Waals surface area contributed by atoms with E-state index in [1.165, 1.54) is 32.1 Å². The molecule has 0 aromatic heterocycles. The van der Waals surface area contributed by atoms with Crippen molar-refractivity contribution in [2.24, 2.45) is 0 Å². The summed E-state index contributed by atoms with van der Waals surface area (Å²) in [5.74, 6) is 0. The normalized spacial score (nSPS) is 12.7. The summed E-state index contributed by atoms with van der Waals surface area (Å²) in [6.07, 6.45) is 8.33. The molecule has 0 fully saturated rings. The van der Waals surface area contributed by atoms with Gasteiger partial charge >= 0.3 is 0 Å². The monoisotopic (exact) mass is 304 g/mol. The third-order valence-corrected chi connectivity index (χ3v) is 5.61. The Morgan fingerprint density at radius 2 is 1.79 bits per heavy atom. The van der Waals surface area contributed by atoms with Gasteiger partial charge in [0.2, 0.25) is 0 Å². The van der Waals surface area contributed by atoms with Gasteiger partial charge in [0.05, 0.1) is 15.4 Å². The molecule has 0 bridgehead atoms. The number of unbranched alkanes of at least 4 members (excludes halogenated alkanes) is 4. The van der Waals surface area contributed by atoms with Crippen molar-refractivity contribution in [2.45, 2.75) is 77.6 Å². The molecule has 0 spiro atoms. The lowest BCUT2D eigenvalue weighted by molar-refractivity contribution is 0.0945. The van der Waals surface area contributed by atoms with Crippen LogP contribution in [0.2, 0.25) is 13.1 Å². The van der Waals surface area contributed by atoms with Crippen LogP contribution in [-0.4, -0.2) is 32.8 Å². The van der Waals surface area contributed by atoms with Crippen LogP contribution >= 0.6 is 12.2 Å². The zero-order chi connectivity index (χ0) is 14.5. The molecule has 1 atom stereocenters. The van der Waals surface area contributed by atoms with Gasteiger partial charge in [-0.1, -0.05) is 45.7 Å². The first kappa shape index (κ1) is 19.1. The van der Waals surface area contributed by atoms with Crippen molar-refractivity contribution in [3.8, 4) is 0 Å². The molecular weight excluding hydrogens is 272 g/mol. The Kier molecular flexibility index (Phi) is 13.1. The maximum atomic E-state index is 5.75. The van der Waals surface area contributed by atoms with Crippen LogP contribution in [0.1, 0.15) is 58.8 Å². The van der Waals surface area contributed by atoms with E-state index in [0.717, 1.165) is 31.1 Å². The van der Waals surface area contributed by atoms with E-state index < -0.39 is 8.80 Å². The van der Waals surface area contributed by atoms with Crippen LogP contribution in [0, 0.1) is 0 Å². The molecule has 0 aliphatic rings. The van der Waals surface area contributed by atoms with E-state index in [-0.39, 0.29) is 0 Å². The second-order valence-corrected chi connectivity index (χ2v) is 9.10. The minimum absolute atomic E-state index is 0.428. The molecule has 0 aliphatic carbocycles. The van der Waals surface area contributed by atoms with Gasteiger partial charge in [0.1, 0.15) is 0 Å². The van der Waals surface area contributed by atoms with Gasteiger partial charge in [0.25, 0.3) is 0 Å². The van der Waals surface area contributed by atoms with Crippen molar-refractivity contribution < 1.29 is 9.47 Å². The second kappa shape index (κ2) is 13.1. The third-order valence-electron chi connectivity index (χ3n) is 3.27. The highest BCUT2D eigenvalue weighted by atomic mass is 32.1. The molecule has 0 aromatic carbocycles. The SMILES string of the molecule is CCCCCCCC(=S)OCCC(OCC)[SiH](C)C. The summed E-state index contributed by atoms with van der Waals surface area (Å²) in [5.41, 5.74) is 0.428. The molecule has 0 aliphatic heterocycles. The third kappa shape index (κ3) is 11.6. The van der Waals surface area contributed by atoms with Gasteiger partial charge in [-0.3, -0.25) is 0 Å². The van der Waals surface area contributed by atoms with Gasteiger partial charge in [-0.15, -0.1) is 0 Å². The maximum Gasteiger partial charge on any atom is 0.159 e. The molecule has 0 saturated heterocycles. The van der Waals surface area contributed by atoms with Crippen molar-refractivity contribution in [1.82, 2.24) is 0 Å². The van der Waals surface area contributed by atoms with Gasteiger partial charge < -0.3 is 9.47 Å². The van der Waals surface area contributed by atoms with Crippen molar-refractivity contribution >= 4 is 26.1 Å². The van der Waals surface area contributed by atoms with Crippen LogP contribution in [0.25, 0.3) is 0 Å². The molecule has 114 valence electrons. The van der Waals surface area contributed by atoms with Crippen molar-refractivity contribution in [2.75, 3.05) is 13.2 Å². The molecule has 1 unspecified atom stereocenters. The van der Waals surface area contributed by atoms with Crippen LogP contribution in [0.4, 0.5) is 0 Å². The number of rotatable bonds is 12. The first-order chi connectivity index (χ1) is 9.11. The standard InChI is InChI=1S/C15H32O2SSi/c1-5-7-8-9-10-11-14(18)17-13-12-15(16-6-2)19(3)4/h15,19H,5-13H2,1-4H3. The highest BCUT2D eigenvalue weighted by Gasteiger charge is 2.14. The summed E-state index contributed by atoms with van der Waals surface area (Å²) in [6, 6.07) is 0. The summed E-state index contributed by atoms with van der Waals surface area (Å²) in [7, 11) is -0.747. The van der Waals surface area contributed by atoms with Gasteiger partial charge in [-0.2, -0.15) is 0 Å². The predicted molar refractivity (Wildman–Crippen MR) is 90.8 cm³/mol. The van der Waals surface area contributed by atoms with Crippen molar-refractivity contribution in [3.63, 3.8) is 0 Å². The lowest BCUT2D eigenvalue weighted by Crippen LogP contribution is -2.29. The molecule has 4 heteroatoms. The van der Waals surface area contributed by atoms with E-state index in [9.17, 15) is 0 Å². The average Bonchev–Trinajstić information content (AvgIpc) is 2.37. The van der Waals surface area contributed by atoms with Gasteiger partial charge in [-0.25, -0.2) is 0 Å². The van der Waals surface area contributed by atoms with E-state index in [0.29, 0.717) is 5.73 Å². The fraction of sp³-hybridized carbons (Fsp3) is 0.933. The van der Waals surface area contributed by atoms with Crippen molar-refractivity contribution in [1.29, 1.82) is 0 Å². The number of thiocarbonyl (C=S) groups is 1. The first-order valence-electron chi connectivity index (χ1n) is 7.89. The lowest BCUT2D eigenvalue weighted by atomic mass is 10.1. The molecule has 0 heterocycles. The minimum atomic E-state index is -0.747. The average molecular weight is 305 g/mol. The van der Waals surface area contributed by atoms with E-state index in [1.54, 1.807) is 0 Å². The van der Waals surface area contributed by atoms with E-state index in [4.69, 9.17) is 21.7 Å². The minimum Gasteiger partial charge on any atom is -0.487 e. The quantitative estimate of drug-likeness (QED) is 0.300. The highest BCUT2D eigenvalue weighted by Crippen LogP contribution is 2.08. The first-order valence-corrected chi connectivity index (χ1v) is 11.3. The van der Waals surface area contributed by atoms with Crippen LogP contribution < -0.4 is 0 Å². The molecule has 0 radical (unpaired) electrons. The van der Waals surface area contributed by atoms with Crippen LogP contribution in [0.15, 0.2) is 0 Å². The Morgan fingerprint density at radius 1 is 1.11 bits per heavy atom. The zero-order valence-corrected chi connectivity index (χ0v) is 15.2. The van der Waals surface area contributed by atoms with Crippen LogP contribution in [-0.2, 0) is 9.47 Å². The fourth-order valence-corrected chi connectivity index (χ4v) is 3.66. The Labute approximate surface area is 126 Å². The smallest absolute Gasteiger partial charge is 0.159 e. The summed E-state index contributed by atoms with van der Waals surface area (Å²) in [6.45, 7) is 10.5. The Balaban J connectivity index is 3.55. The Bertz CT molecular complexity index is 222. The second-order valence-electron chi connectivity index (χ2n) is 5.41. The zero-order valence-electron chi connectivity index (χ0n) is 13.2. The van der Waals surface area contributed by atoms with Crippen molar-refractivity contribution in [3.05, 3.63) is 0 Å². The van der Waals surface area contributed by atoms with E-state index in [2.05, 4.69) is 26.9 Å². The lowest BCUT2D eigenvalue weighted by Gasteiger charge is -2.20. The van der Waals surface area contributed by atoms with E-state index in [1.807, 2.05) is 0 Å². The number of ether oxygens (including phenoxy) is 2. The summed E-state index contributed by atoms with van der Waals surface area (Å²) in [5, 5.41) is 0.789. The van der Waals surface area contributed by atoms with Gasteiger partial charge in [0.15, 0.2) is 5.05 Å².